The molecule has 0 saturated heterocycles. The summed E-state index contributed by atoms with van der Waals surface area (Å²) in [7, 11) is 0. The molecule has 3 aromatic rings. The van der Waals surface area contributed by atoms with Crippen LogP contribution in [0.2, 0.25) is 0 Å². The van der Waals surface area contributed by atoms with E-state index in [1.165, 1.54) is 0 Å². The number of rotatable bonds is 6. The van der Waals surface area contributed by atoms with Crippen LogP contribution in [-0.2, 0) is 13.0 Å². The lowest BCUT2D eigenvalue weighted by molar-refractivity contribution is 0.0741. The number of benzene rings is 1. The maximum absolute atomic E-state index is 13.1. The molecule has 0 fully saturated rings. The van der Waals surface area contributed by atoms with Gasteiger partial charge in [-0.15, -0.1) is 0 Å². The molecule has 2 heterocycles. The molecule has 138 valence electrons. The first-order valence-electron chi connectivity index (χ1n) is 8.98. The SMILES string of the molecule is Cc1cc(C(=O)N(CCc2ccccc2)Cc2ccccn2)c(=O)[nH]c1C. The number of hydrogen-bond donors (Lipinski definition) is 1. The van der Waals surface area contributed by atoms with Gasteiger partial charge in [-0.25, -0.2) is 0 Å². The summed E-state index contributed by atoms with van der Waals surface area (Å²) in [6, 6.07) is 17.3. The third-order valence-corrected chi connectivity index (χ3v) is 4.61. The Balaban J connectivity index is 1.87. The number of aromatic amines is 1. The van der Waals surface area contributed by atoms with E-state index < -0.39 is 0 Å². The van der Waals surface area contributed by atoms with Gasteiger partial charge in [-0.2, -0.15) is 0 Å². The lowest BCUT2D eigenvalue weighted by Crippen LogP contribution is -2.36. The molecule has 2 aromatic heterocycles. The molecule has 1 N–H and O–H groups in total. The van der Waals surface area contributed by atoms with E-state index >= 15 is 0 Å². The summed E-state index contributed by atoms with van der Waals surface area (Å²) >= 11 is 0. The van der Waals surface area contributed by atoms with Gasteiger partial charge in [0.25, 0.3) is 11.5 Å². The van der Waals surface area contributed by atoms with Crippen LogP contribution in [0.1, 0.15) is 32.9 Å². The van der Waals surface area contributed by atoms with E-state index in [1.54, 1.807) is 17.2 Å². The van der Waals surface area contributed by atoms with Gasteiger partial charge in [-0.1, -0.05) is 36.4 Å². The van der Waals surface area contributed by atoms with Crippen LogP contribution in [0.15, 0.2) is 65.6 Å². The predicted octanol–water partition coefficient (Wildman–Crippen LogP) is 3.27. The number of carbonyl (C=O) groups excluding carboxylic acids is 1. The monoisotopic (exact) mass is 361 g/mol. The van der Waals surface area contributed by atoms with Crippen molar-refractivity contribution in [3.8, 4) is 0 Å². The Kier molecular flexibility index (Phi) is 5.81. The largest absolute Gasteiger partial charge is 0.332 e. The first kappa shape index (κ1) is 18.6. The van der Waals surface area contributed by atoms with E-state index in [-0.39, 0.29) is 17.0 Å². The lowest BCUT2D eigenvalue weighted by Gasteiger charge is -2.22. The molecule has 1 aromatic carbocycles. The Hall–Kier alpha value is -3.21. The molecular weight excluding hydrogens is 338 g/mol. The number of aromatic nitrogens is 2. The van der Waals surface area contributed by atoms with Crippen LogP contribution in [0.5, 0.6) is 0 Å². The van der Waals surface area contributed by atoms with Crippen LogP contribution >= 0.6 is 0 Å². The van der Waals surface area contributed by atoms with Crippen molar-refractivity contribution >= 4 is 5.91 Å². The van der Waals surface area contributed by atoms with Gasteiger partial charge in [0.1, 0.15) is 5.56 Å². The lowest BCUT2D eigenvalue weighted by atomic mass is 10.1. The van der Waals surface area contributed by atoms with Crippen molar-refractivity contribution in [2.45, 2.75) is 26.8 Å². The topological polar surface area (TPSA) is 66.1 Å². The summed E-state index contributed by atoms with van der Waals surface area (Å²) in [5, 5.41) is 0. The minimum absolute atomic E-state index is 0.169. The highest BCUT2D eigenvalue weighted by Gasteiger charge is 2.20. The Labute approximate surface area is 158 Å². The summed E-state index contributed by atoms with van der Waals surface area (Å²) in [6.45, 7) is 4.58. The molecule has 0 aliphatic rings. The predicted molar refractivity (Wildman–Crippen MR) is 106 cm³/mol. The third kappa shape index (κ3) is 4.70. The van der Waals surface area contributed by atoms with Gasteiger partial charge in [-0.05, 0) is 49.6 Å². The van der Waals surface area contributed by atoms with Gasteiger partial charge in [0.05, 0.1) is 12.2 Å². The standard InChI is InChI=1S/C22H23N3O2/c1-16-14-20(21(26)24-17(16)2)22(27)25(15-19-10-6-7-12-23-19)13-11-18-8-4-3-5-9-18/h3-10,12,14H,11,13,15H2,1-2H3,(H,24,26). The number of hydrogen-bond acceptors (Lipinski definition) is 3. The molecule has 0 atom stereocenters. The van der Waals surface area contributed by atoms with Crippen molar-refractivity contribution in [2.24, 2.45) is 0 Å². The number of amides is 1. The molecule has 0 radical (unpaired) electrons. The van der Waals surface area contributed by atoms with Crippen LogP contribution < -0.4 is 5.56 Å². The average Bonchev–Trinajstić information content (AvgIpc) is 2.69. The van der Waals surface area contributed by atoms with Gasteiger partial charge < -0.3 is 9.88 Å². The van der Waals surface area contributed by atoms with Crippen LogP contribution in [0, 0.1) is 13.8 Å². The minimum Gasteiger partial charge on any atom is -0.332 e. The summed E-state index contributed by atoms with van der Waals surface area (Å²) in [5.41, 5.74) is 3.41. The third-order valence-electron chi connectivity index (χ3n) is 4.61. The Morgan fingerprint density at radius 2 is 1.81 bits per heavy atom. The molecule has 0 unspecified atom stereocenters. The maximum atomic E-state index is 13.1. The smallest absolute Gasteiger partial charge is 0.261 e. The van der Waals surface area contributed by atoms with Gasteiger partial charge in [0, 0.05) is 18.4 Å². The highest BCUT2D eigenvalue weighted by Crippen LogP contribution is 2.11. The van der Waals surface area contributed by atoms with Gasteiger partial charge in [0.15, 0.2) is 0 Å². The van der Waals surface area contributed by atoms with E-state index in [0.29, 0.717) is 19.5 Å². The normalized spacial score (nSPS) is 10.6. The van der Waals surface area contributed by atoms with Crippen molar-refractivity contribution in [1.82, 2.24) is 14.9 Å². The van der Waals surface area contributed by atoms with Gasteiger partial charge in [0.2, 0.25) is 0 Å². The van der Waals surface area contributed by atoms with Crippen molar-refractivity contribution in [3.63, 3.8) is 0 Å². The summed E-state index contributed by atoms with van der Waals surface area (Å²) in [6.07, 6.45) is 2.42. The fourth-order valence-corrected chi connectivity index (χ4v) is 2.90. The van der Waals surface area contributed by atoms with Crippen LogP contribution in [0.4, 0.5) is 0 Å². The average molecular weight is 361 g/mol. The fraction of sp³-hybridized carbons (Fsp3) is 0.227. The molecule has 0 saturated carbocycles. The molecule has 1 amide bonds. The Morgan fingerprint density at radius 3 is 2.52 bits per heavy atom. The van der Waals surface area contributed by atoms with Crippen molar-refractivity contribution < 1.29 is 4.79 Å². The summed E-state index contributed by atoms with van der Waals surface area (Å²) < 4.78 is 0. The zero-order valence-corrected chi connectivity index (χ0v) is 15.6. The molecule has 0 aliphatic heterocycles. The zero-order chi connectivity index (χ0) is 19.2. The van der Waals surface area contributed by atoms with Crippen LogP contribution in [0.3, 0.4) is 0 Å². The van der Waals surface area contributed by atoms with Gasteiger partial charge in [-0.3, -0.25) is 14.6 Å². The second-order valence-corrected chi connectivity index (χ2v) is 6.60. The molecule has 3 rings (SSSR count). The number of aryl methyl sites for hydroxylation is 2. The van der Waals surface area contributed by atoms with Crippen molar-refractivity contribution in [2.75, 3.05) is 6.54 Å². The minimum atomic E-state index is -0.353. The molecule has 0 aliphatic carbocycles. The molecule has 5 nitrogen and oxygen atoms in total. The van der Waals surface area contributed by atoms with E-state index in [9.17, 15) is 9.59 Å². The fourth-order valence-electron chi connectivity index (χ4n) is 2.90. The Bertz CT molecular complexity index is 966. The molecule has 5 heteroatoms. The van der Waals surface area contributed by atoms with Gasteiger partial charge >= 0.3 is 0 Å². The molecule has 0 bridgehead atoms. The van der Waals surface area contributed by atoms with Crippen LogP contribution in [-0.4, -0.2) is 27.3 Å². The quantitative estimate of drug-likeness (QED) is 0.733. The zero-order valence-electron chi connectivity index (χ0n) is 15.6. The van der Waals surface area contributed by atoms with Crippen LogP contribution in [0.25, 0.3) is 0 Å². The second-order valence-electron chi connectivity index (χ2n) is 6.60. The van der Waals surface area contributed by atoms with Crippen molar-refractivity contribution in [3.05, 3.63) is 99.2 Å². The molecule has 0 spiro atoms. The first-order chi connectivity index (χ1) is 13.0. The van der Waals surface area contributed by atoms with E-state index in [1.807, 2.05) is 62.4 Å². The summed E-state index contributed by atoms with van der Waals surface area (Å²) in [5.74, 6) is -0.277. The van der Waals surface area contributed by atoms with E-state index in [4.69, 9.17) is 0 Å². The van der Waals surface area contributed by atoms with E-state index in [2.05, 4.69) is 9.97 Å². The number of carbonyl (C=O) groups is 1. The first-order valence-corrected chi connectivity index (χ1v) is 8.98. The number of nitrogens with zero attached hydrogens (tertiary/aromatic N) is 2. The number of nitrogens with one attached hydrogen (secondary N) is 1. The molecule has 27 heavy (non-hydrogen) atoms. The Morgan fingerprint density at radius 1 is 1.07 bits per heavy atom. The highest BCUT2D eigenvalue weighted by molar-refractivity contribution is 5.94. The van der Waals surface area contributed by atoms with E-state index in [0.717, 1.165) is 22.5 Å². The highest BCUT2D eigenvalue weighted by atomic mass is 16.2. The molecular formula is C22H23N3O2. The number of pyridine rings is 2. The number of H-pyrrole nitrogens is 1. The van der Waals surface area contributed by atoms with Crippen molar-refractivity contribution in [1.29, 1.82) is 0 Å². The maximum Gasteiger partial charge on any atom is 0.261 e. The summed E-state index contributed by atoms with van der Waals surface area (Å²) in [4.78, 5) is 34.3. The second kappa shape index (κ2) is 8.45.